The Morgan fingerprint density at radius 3 is 2.70 bits per heavy atom. The highest BCUT2D eigenvalue weighted by Gasteiger charge is 2.29. The maximum absolute atomic E-state index is 6.22. The molecular weight excluding hydrogens is 246 g/mol. The molecule has 1 aromatic carbocycles. The molecule has 2 rings (SSSR count). The quantitative estimate of drug-likeness (QED) is 0.873. The van der Waals surface area contributed by atoms with E-state index in [-0.39, 0.29) is 0 Å². The zero-order chi connectivity index (χ0) is 14.6. The minimum absolute atomic E-state index is 0.312. The van der Waals surface area contributed by atoms with Gasteiger partial charge < -0.3 is 10.1 Å². The van der Waals surface area contributed by atoms with Gasteiger partial charge in [-0.05, 0) is 42.3 Å². The molecule has 0 spiro atoms. The molecule has 1 aliphatic carbocycles. The van der Waals surface area contributed by atoms with E-state index >= 15 is 0 Å². The molecule has 0 radical (unpaired) electrons. The Bertz CT molecular complexity index is 422. The van der Waals surface area contributed by atoms with Crippen LogP contribution >= 0.6 is 0 Å². The fraction of sp³-hybridized carbons (Fsp3) is 0.667. The number of hydrogen-bond acceptors (Lipinski definition) is 2. The average molecular weight is 275 g/mol. The van der Waals surface area contributed by atoms with Crippen molar-refractivity contribution >= 4 is 0 Å². The zero-order valence-corrected chi connectivity index (χ0v) is 13.4. The number of nitrogens with one attached hydrogen (secondary N) is 1. The normalized spacial score (nSPS) is 22.6. The van der Waals surface area contributed by atoms with E-state index < -0.39 is 0 Å². The standard InChI is InChI=1S/C18H29NO/c1-5-19-17-15-9-7-6-8-14(15)10-11-16(17)20-13-12-18(2,3)4/h6-9,16-17,19H,5,10-13H2,1-4H3. The third-order valence-corrected chi connectivity index (χ3v) is 4.07. The molecule has 1 N–H and O–H groups in total. The molecule has 0 amide bonds. The van der Waals surface area contributed by atoms with Crippen molar-refractivity contribution in [1.29, 1.82) is 0 Å². The van der Waals surface area contributed by atoms with Crippen molar-refractivity contribution in [2.45, 2.75) is 59.1 Å². The van der Waals surface area contributed by atoms with Crippen molar-refractivity contribution in [2.75, 3.05) is 13.2 Å². The number of aryl methyl sites for hydroxylation is 1. The fourth-order valence-electron chi connectivity index (χ4n) is 2.89. The Hall–Kier alpha value is -0.860. The molecule has 2 heteroatoms. The van der Waals surface area contributed by atoms with Crippen LogP contribution in [0.5, 0.6) is 0 Å². The van der Waals surface area contributed by atoms with Crippen molar-refractivity contribution in [3.63, 3.8) is 0 Å². The topological polar surface area (TPSA) is 21.3 Å². The minimum Gasteiger partial charge on any atom is -0.376 e. The van der Waals surface area contributed by atoms with Crippen LogP contribution < -0.4 is 5.32 Å². The fourth-order valence-corrected chi connectivity index (χ4v) is 2.89. The van der Waals surface area contributed by atoms with E-state index in [9.17, 15) is 0 Å². The molecule has 0 aromatic heterocycles. The van der Waals surface area contributed by atoms with Crippen molar-refractivity contribution in [1.82, 2.24) is 5.32 Å². The Labute approximate surface area is 123 Å². The first-order chi connectivity index (χ1) is 9.51. The summed E-state index contributed by atoms with van der Waals surface area (Å²) >= 11 is 0. The summed E-state index contributed by atoms with van der Waals surface area (Å²) < 4.78 is 6.22. The second-order valence-corrected chi connectivity index (χ2v) is 6.99. The molecular formula is C18H29NO. The van der Waals surface area contributed by atoms with Gasteiger partial charge in [0.1, 0.15) is 0 Å². The highest BCUT2D eigenvalue weighted by molar-refractivity contribution is 5.33. The van der Waals surface area contributed by atoms with Gasteiger partial charge in [0.05, 0.1) is 12.1 Å². The Kier molecular flexibility index (Phi) is 5.22. The van der Waals surface area contributed by atoms with Crippen LogP contribution in [-0.4, -0.2) is 19.3 Å². The third-order valence-electron chi connectivity index (χ3n) is 4.07. The van der Waals surface area contributed by atoms with Crippen molar-refractivity contribution in [3.05, 3.63) is 35.4 Å². The van der Waals surface area contributed by atoms with Crippen molar-refractivity contribution in [3.8, 4) is 0 Å². The monoisotopic (exact) mass is 275 g/mol. The van der Waals surface area contributed by atoms with E-state index in [0.717, 1.165) is 32.4 Å². The van der Waals surface area contributed by atoms with Gasteiger partial charge in [0.15, 0.2) is 0 Å². The predicted molar refractivity (Wildman–Crippen MR) is 85.0 cm³/mol. The number of fused-ring (bicyclic) bond motifs is 1. The SMILES string of the molecule is CCNC1c2ccccc2CCC1OCCC(C)(C)C. The number of rotatable bonds is 5. The lowest BCUT2D eigenvalue weighted by molar-refractivity contribution is 0.00448. The van der Waals surface area contributed by atoms with E-state index in [1.807, 2.05) is 0 Å². The second-order valence-electron chi connectivity index (χ2n) is 6.99. The number of benzene rings is 1. The summed E-state index contributed by atoms with van der Waals surface area (Å²) in [5.41, 5.74) is 3.26. The largest absolute Gasteiger partial charge is 0.376 e. The van der Waals surface area contributed by atoms with Crippen LogP contribution in [0.2, 0.25) is 0 Å². The first-order valence-corrected chi connectivity index (χ1v) is 7.94. The van der Waals surface area contributed by atoms with Crippen LogP contribution in [0.1, 0.15) is 57.7 Å². The molecule has 112 valence electrons. The molecule has 0 aliphatic heterocycles. The van der Waals surface area contributed by atoms with E-state index in [0.29, 0.717) is 17.6 Å². The lowest BCUT2D eigenvalue weighted by atomic mass is 9.85. The van der Waals surface area contributed by atoms with Gasteiger partial charge in [0, 0.05) is 6.61 Å². The van der Waals surface area contributed by atoms with E-state index in [2.05, 4.69) is 57.3 Å². The summed E-state index contributed by atoms with van der Waals surface area (Å²) in [6.07, 6.45) is 3.69. The van der Waals surface area contributed by atoms with Gasteiger partial charge in [0.25, 0.3) is 0 Å². The molecule has 20 heavy (non-hydrogen) atoms. The molecule has 2 atom stereocenters. The molecule has 0 fully saturated rings. The maximum Gasteiger partial charge on any atom is 0.0773 e. The first-order valence-electron chi connectivity index (χ1n) is 7.94. The molecule has 1 aromatic rings. The molecule has 0 saturated carbocycles. The van der Waals surface area contributed by atoms with Crippen LogP contribution in [0.4, 0.5) is 0 Å². The Balaban J connectivity index is 2.02. The average Bonchev–Trinajstić information content (AvgIpc) is 2.40. The van der Waals surface area contributed by atoms with Crippen molar-refractivity contribution in [2.24, 2.45) is 5.41 Å². The number of ether oxygens (including phenoxy) is 1. The molecule has 0 heterocycles. The summed E-state index contributed by atoms with van der Waals surface area (Å²) in [4.78, 5) is 0. The van der Waals surface area contributed by atoms with Crippen LogP contribution in [0, 0.1) is 5.41 Å². The van der Waals surface area contributed by atoms with E-state index in [4.69, 9.17) is 4.74 Å². The van der Waals surface area contributed by atoms with Crippen molar-refractivity contribution < 1.29 is 4.74 Å². The van der Waals surface area contributed by atoms with Crippen LogP contribution in [0.3, 0.4) is 0 Å². The summed E-state index contributed by atoms with van der Waals surface area (Å²) in [6.45, 7) is 10.8. The summed E-state index contributed by atoms with van der Waals surface area (Å²) in [5, 5.41) is 3.61. The van der Waals surface area contributed by atoms with Crippen LogP contribution in [-0.2, 0) is 11.2 Å². The van der Waals surface area contributed by atoms with Gasteiger partial charge in [-0.3, -0.25) is 0 Å². The zero-order valence-electron chi connectivity index (χ0n) is 13.4. The van der Waals surface area contributed by atoms with Gasteiger partial charge in [0.2, 0.25) is 0 Å². The third kappa shape index (κ3) is 4.07. The van der Waals surface area contributed by atoms with Gasteiger partial charge in [-0.2, -0.15) is 0 Å². The van der Waals surface area contributed by atoms with E-state index in [1.165, 1.54) is 11.1 Å². The summed E-state index contributed by atoms with van der Waals surface area (Å²) in [6, 6.07) is 9.14. The summed E-state index contributed by atoms with van der Waals surface area (Å²) in [5.74, 6) is 0. The predicted octanol–water partition coefficient (Wildman–Crippen LogP) is 4.10. The minimum atomic E-state index is 0.312. The number of hydrogen-bond donors (Lipinski definition) is 1. The molecule has 0 bridgehead atoms. The van der Waals surface area contributed by atoms with Crippen LogP contribution in [0.15, 0.2) is 24.3 Å². The second kappa shape index (κ2) is 6.73. The maximum atomic E-state index is 6.22. The highest BCUT2D eigenvalue weighted by Crippen LogP contribution is 2.32. The summed E-state index contributed by atoms with van der Waals surface area (Å²) in [7, 11) is 0. The smallest absolute Gasteiger partial charge is 0.0773 e. The van der Waals surface area contributed by atoms with E-state index in [1.54, 1.807) is 0 Å². The number of likely N-dealkylation sites (N-methyl/N-ethyl adjacent to an activating group) is 1. The van der Waals surface area contributed by atoms with Gasteiger partial charge >= 0.3 is 0 Å². The lowest BCUT2D eigenvalue weighted by Crippen LogP contribution is -2.38. The van der Waals surface area contributed by atoms with Gasteiger partial charge in [-0.15, -0.1) is 0 Å². The molecule has 2 unspecified atom stereocenters. The Morgan fingerprint density at radius 1 is 1.25 bits per heavy atom. The molecule has 0 saturated heterocycles. The first kappa shape index (κ1) is 15.5. The molecule has 2 nitrogen and oxygen atoms in total. The Morgan fingerprint density at radius 2 is 2.00 bits per heavy atom. The molecule has 1 aliphatic rings. The van der Waals surface area contributed by atoms with Gasteiger partial charge in [-0.1, -0.05) is 52.0 Å². The van der Waals surface area contributed by atoms with Crippen LogP contribution in [0.25, 0.3) is 0 Å². The van der Waals surface area contributed by atoms with Gasteiger partial charge in [-0.25, -0.2) is 0 Å². The lowest BCUT2D eigenvalue weighted by Gasteiger charge is -2.34. The highest BCUT2D eigenvalue weighted by atomic mass is 16.5.